The van der Waals surface area contributed by atoms with Crippen LogP contribution in [0.15, 0.2) is 28.9 Å². The second kappa shape index (κ2) is 5.36. The van der Waals surface area contributed by atoms with Gasteiger partial charge < -0.3 is 5.11 Å². The molecule has 1 N–H and O–H groups in total. The summed E-state index contributed by atoms with van der Waals surface area (Å²) >= 11 is 3.46. The van der Waals surface area contributed by atoms with Crippen LogP contribution in [0.2, 0.25) is 0 Å². The summed E-state index contributed by atoms with van der Waals surface area (Å²) in [7, 11) is 0. The van der Waals surface area contributed by atoms with Gasteiger partial charge in [0.05, 0.1) is 15.9 Å². The van der Waals surface area contributed by atoms with Gasteiger partial charge in [-0.25, -0.2) is 14.5 Å². The minimum absolute atomic E-state index is 0.693. The topological polar surface area (TPSA) is 68.0 Å². The number of aryl methyl sites for hydroxylation is 1. The molecule has 2 aromatic heterocycles. The van der Waals surface area contributed by atoms with Gasteiger partial charge in [0.1, 0.15) is 0 Å². The summed E-state index contributed by atoms with van der Waals surface area (Å²) in [4.78, 5) is 14.7. The molecule has 0 aliphatic rings. The van der Waals surface area contributed by atoms with Crippen LogP contribution in [0.1, 0.15) is 17.0 Å². The molecule has 98 valence electrons. The maximum atomic E-state index is 10.4. The third-order valence-electron chi connectivity index (χ3n) is 2.61. The van der Waals surface area contributed by atoms with Crippen LogP contribution in [0.5, 0.6) is 0 Å². The van der Waals surface area contributed by atoms with E-state index < -0.39 is 5.97 Å². The SMILES string of the molecule is Cc1nn(-c2ccc(/C=C/C(=O)O)cn2)c(C)c1Br. The minimum Gasteiger partial charge on any atom is -0.478 e. The molecule has 19 heavy (non-hydrogen) atoms. The molecule has 5 nitrogen and oxygen atoms in total. The van der Waals surface area contributed by atoms with Crippen molar-refractivity contribution in [2.45, 2.75) is 13.8 Å². The monoisotopic (exact) mass is 321 g/mol. The van der Waals surface area contributed by atoms with Crippen molar-refractivity contribution in [1.82, 2.24) is 14.8 Å². The van der Waals surface area contributed by atoms with Crippen LogP contribution in [0, 0.1) is 13.8 Å². The maximum absolute atomic E-state index is 10.4. The lowest BCUT2D eigenvalue weighted by Gasteiger charge is -2.03. The number of hydrogen-bond donors (Lipinski definition) is 1. The van der Waals surface area contributed by atoms with Gasteiger partial charge in [-0.15, -0.1) is 0 Å². The fourth-order valence-corrected chi connectivity index (χ4v) is 1.88. The van der Waals surface area contributed by atoms with Crippen LogP contribution in [-0.2, 0) is 4.79 Å². The summed E-state index contributed by atoms with van der Waals surface area (Å²) in [5.74, 6) is -0.287. The van der Waals surface area contributed by atoms with Gasteiger partial charge in [-0.2, -0.15) is 5.10 Å². The van der Waals surface area contributed by atoms with Gasteiger partial charge in [0.15, 0.2) is 5.82 Å². The Morgan fingerprint density at radius 3 is 2.63 bits per heavy atom. The lowest BCUT2D eigenvalue weighted by molar-refractivity contribution is -0.131. The van der Waals surface area contributed by atoms with Gasteiger partial charge >= 0.3 is 5.97 Å². The molecule has 0 saturated heterocycles. The molecular weight excluding hydrogens is 310 g/mol. The average Bonchev–Trinajstić information content (AvgIpc) is 2.65. The zero-order valence-electron chi connectivity index (χ0n) is 10.5. The van der Waals surface area contributed by atoms with Gasteiger partial charge in [0.25, 0.3) is 0 Å². The van der Waals surface area contributed by atoms with E-state index in [9.17, 15) is 4.79 Å². The van der Waals surface area contributed by atoms with Crippen molar-refractivity contribution in [1.29, 1.82) is 0 Å². The molecule has 0 unspecified atom stereocenters. The van der Waals surface area contributed by atoms with Gasteiger partial charge in [-0.1, -0.05) is 0 Å². The smallest absolute Gasteiger partial charge is 0.328 e. The van der Waals surface area contributed by atoms with E-state index in [0.717, 1.165) is 27.5 Å². The number of pyridine rings is 1. The summed E-state index contributed by atoms with van der Waals surface area (Å²) in [6, 6.07) is 3.60. The van der Waals surface area contributed by atoms with Crippen molar-refractivity contribution < 1.29 is 9.90 Å². The van der Waals surface area contributed by atoms with Crippen LogP contribution < -0.4 is 0 Å². The summed E-state index contributed by atoms with van der Waals surface area (Å²) in [5.41, 5.74) is 2.60. The number of aromatic nitrogens is 3. The Balaban J connectivity index is 2.32. The zero-order valence-corrected chi connectivity index (χ0v) is 12.0. The maximum Gasteiger partial charge on any atom is 0.328 e. The average molecular weight is 322 g/mol. The van der Waals surface area contributed by atoms with Crippen molar-refractivity contribution in [3.05, 3.63) is 45.8 Å². The second-order valence-corrected chi connectivity index (χ2v) is 4.81. The highest BCUT2D eigenvalue weighted by Gasteiger charge is 2.10. The fraction of sp³-hybridized carbons (Fsp3) is 0.154. The third-order valence-corrected chi connectivity index (χ3v) is 3.76. The predicted octanol–water partition coefficient (Wildman–Crippen LogP) is 2.74. The standard InChI is InChI=1S/C13H12BrN3O2/c1-8-13(14)9(2)17(16-8)11-5-3-10(7-15-11)4-6-12(18)19/h3-7H,1-2H3,(H,18,19)/b6-4+. The number of hydrogen-bond acceptors (Lipinski definition) is 3. The molecule has 0 atom stereocenters. The normalized spacial score (nSPS) is 11.1. The Morgan fingerprint density at radius 1 is 1.42 bits per heavy atom. The highest BCUT2D eigenvalue weighted by Crippen LogP contribution is 2.22. The highest BCUT2D eigenvalue weighted by molar-refractivity contribution is 9.10. The quantitative estimate of drug-likeness (QED) is 0.882. The van der Waals surface area contributed by atoms with Gasteiger partial charge in [-0.3, -0.25) is 0 Å². The summed E-state index contributed by atoms with van der Waals surface area (Å²) in [6.07, 6.45) is 4.19. The second-order valence-electron chi connectivity index (χ2n) is 4.02. The Hall–Kier alpha value is -1.95. The summed E-state index contributed by atoms with van der Waals surface area (Å²) in [5, 5.41) is 12.9. The Kier molecular flexibility index (Phi) is 3.80. The number of rotatable bonds is 3. The molecule has 0 radical (unpaired) electrons. The van der Waals surface area contributed by atoms with E-state index in [4.69, 9.17) is 5.11 Å². The molecule has 2 aromatic rings. The van der Waals surface area contributed by atoms with Crippen LogP contribution in [0.25, 0.3) is 11.9 Å². The lowest BCUT2D eigenvalue weighted by Crippen LogP contribution is -2.01. The molecule has 0 aliphatic heterocycles. The highest BCUT2D eigenvalue weighted by atomic mass is 79.9. The molecule has 0 saturated carbocycles. The molecule has 0 fully saturated rings. The fourth-order valence-electron chi connectivity index (χ4n) is 1.64. The number of carboxylic acid groups (broad SMARTS) is 1. The molecule has 2 heterocycles. The largest absolute Gasteiger partial charge is 0.478 e. The molecule has 0 spiro atoms. The molecule has 0 amide bonds. The Morgan fingerprint density at radius 2 is 2.16 bits per heavy atom. The first-order valence-corrected chi connectivity index (χ1v) is 6.37. The minimum atomic E-state index is -0.980. The van der Waals surface area contributed by atoms with E-state index >= 15 is 0 Å². The molecule has 0 aromatic carbocycles. The van der Waals surface area contributed by atoms with E-state index in [2.05, 4.69) is 26.0 Å². The molecule has 0 aliphatic carbocycles. The molecule has 6 heteroatoms. The van der Waals surface area contributed by atoms with Crippen molar-refractivity contribution in [3.63, 3.8) is 0 Å². The lowest BCUT2D eigenvalue weighted by atomic mass is 10.2. The number of aliphatic carboxylic acids is 1. The summed E-state index contributed by atoms with van der Waals surface area (Å²) < 4.78 is 2.70. The first kappa shape index (κ1) is 13.5. The first-order chi connectivity index (χ1) is 8.99. The van der Waals surface area contributed by atoms with Gasteiger partial charge in [0, 0.05) is 12.3 Å². The van der Waals surface area contributed by atoms with Crippen molar-refractivity contribution in [3.8, 4) is 5.82 Å². The van der Waals surface area contributed by atoms with Gasteiger partial charge in [0.2, 0.25) is 0 Å². The van der Waals surface area contributed by atoms with E-state index in [0.29, 0.717) is 5.82 Å². The molecular formula is C13H12BrN3O2. The molecule has 2 rings (SSSR count). The van der Waals surface area contributed by atoms with E-state index in [1.165, 1.54) is 6.08 Å². The van der Waals surface area contributed by atoms with Crippen LogP contribution >= 0.6 is 15.9 Å². The number of nitrogens with zero attached hydrogens (tertiary/aromatic N) is 3. The number of carbonyl (C=O) groups is 1. The van der Waals surface area contributed by atoms with Crippen molar-refractivity contribution in [2.75, 3.05) is 0 Å². The van der Waals surface area contributed by atoms with Crippen molar-refractivity contribution >= 4 is 28.0 Å². The number of carboxylic acids is 1. The third kappa shape index (κ3) is 2.90. The van der Waals surface area contributed by atoms with Gasteiger partial charge in [-0.05, 0) is 53.5 Å². The first-order valence-electron chi connectivity index (χ1n) is 5.58. The van der Waals surface area contributed by atoms with E-state index in [1.54, 1.807) is 23.0 Å². The van der Waals surface area contributed by atoms with Crippen LogP contribution in [-0.4, -0.2) is 25.8 Å². The Labute approximate surface area is 118 Å². The van der Waals surface area contributed by atoms with Crippen LogP contribution in [0.3, 0.4) is 0 Å². The predicted molar refractivity (Wildman–Crippen MR) is 75.2 cm³/mol. The summed E-state index contributed by atoms with van der Waals surface area (Å²) in [6.45, 7) is 3.86. The Bertz CT molecular complexity index is 645. The van der Waals surface area contributed by atoms with E-state index in [-0.39, 0.29) is 0 Å². The van der Waals surface area contributed by atoms with Crippen LogP contribution in [0.4, 0.5) is 0 Å². The molecule has 0 bridgehead atoms. The number of halogens is 1. The zero-order chi connectivity index (χ0) is 14.0. The van der Waals surface area contributed by atoms with E-state index in [1.807, 2.05) is 13.8 Å². The van der Waals surface area contributed by atoms with Crippen molar-refractivity contribution in [2.24, 2.45) is 0 Å².